The molecule has 0 spiro atoms. The van der Waals surface area contributed by atoms with Gasteiger partial charge in [-0.1, -0.05) is 51.1 Å². The largest absolute Gasteiger partial charge is 0.384 e. The molecule has 1 aromatic rings. The van der Waals surface area contributed by atoms with E-state index in [0.29, 0.717) is 17.9 Å². The number of nitrogens with one attached hydrogen (secondary N) is 1. The Labute approximate surface area is 105 Å². The Morgan fingerprint density at radius 3 is 2.29 bits per heavy atom. The molecule has 0 fully saturated rings. The average Bonchev–Trinajstić information content (AvgIpc) is 2.30. The summed E-state index contributed by atoms with van der Waals surface area (Å²) in [6.07, 6.45) is 0. The fraction of sp³-hybridized carbons (Fsp3) is 0.600. The van der Waals surface area contributed by atoms with Crippen LogP contribution in [0.3, 0.4) is 0 Å². The minimum Gasteiger partial charge on any atom is -0.384 e. The van der Waals surface area contributed by atoms with Crippen molar-refractivity contribution in [3.05, 3.63) is 35.9 Å². The third kappa shape index (κ3) is 4.88. The lowest BCUT2D eigenvalue weighted by molar-refractivity contribution is 0.145. The first-order chi connectivity index (χ1) is 8.15. The van der Waals surface area contributed by atoms with Crippen LogP contribution in [0.2, 0.25) is 0 Å². The van der Waals surface area contributed by atoms with Crippen LogP contribution >= 0.6 is 0 Å². The topological polar surface area (TPSA) is 21.3 Å². The molecule has 1 N–H and O–H groups in total. The fourth-order valence-electron chi connectivity index (χ4n) is 2.09. The molecular formula is C15H25NO. The van der Waals surface area contributed by atoms with Gasteiger partial charge in [-0.25, -0.2) is 0 Å². The SMILES string of the molecule is COCC(C)C(CNC(C)C)c1ccccc1. The molecule has 2 atom stereocenters. The van der Waals surface area contributed by atoms with Crippen LogP contribution in [0.1, 0.15) is 32.3 Å². The van der Waals surface area contributed by atoms with E-state index in [0.717, 1.165) is 13.2 Å². The van der Waals surface area contributed by atoms with Gasteiger partial charge in [-0.15, -0.1) is 0 Å². The predicted octanol–water partition coefficient (Wildman–Crippen LogP) is 3.05. The van der Waals surface area contributed by atoms with Crippen molar-refractivity contribution >= 4 is 0 Å². The molecule has 0 aliphatic rings. The molecule has 0 saturated carbocycles. The molecule has 0 saturated heterocycles. The van der Waals surface area contributed by atoms with Gasteiger partial charge in [-0.3, -0.25) is 0 Å². The summed E-state index contributed by atoms with van der Waals surface area (Å²) in [5.41, 5.74) is 1.39. The Balaban J connectivity index is 2.71. The Bertz CT molecular complexity index is 297. The number of hydrogen-bond acceptors (Lipinski definition) is 2. The highest BCUT2D eigenvalue weighted by Crippen LogP contribution is 2.24. The molecule has 2 nitrogen and oxygen atoms in total. The van der Waals surface area contributed by atoms with Crippen LogP contribution in [0.25, 0.3) is 0 Å². The standard InChI is InChI=1S/C15H25NO/c1-12(2)16-10-15(13(3)11-17-4)14-8-6-5-7-9-14/h5-9,12-13,15-16H,10-11H2,1-4H3. The number of benzene rings is 1. The average molecular weight is 235 g/mol. The Kier molecular flexibility index (Phi) is 6.23. The van der Waals surface area contributed by atoms with Gasteiger partial charge in [0.05, 0.1) is 0 Å². The lowest BCUT2D eigenvalue weighted by atomic mass is 9.87. The number of ether oxygens (including phenoxy) is 1. The molecule has 0 aromatic heterocycles. The van der Waals surface area contributed by atoms with Gasteiger partial charge in [0.15, 0.2) is 0 Å². The molecule has 0 heterocycles. The van der Waals surface area contributed by atoms with Crippen molar-refractivity contribution < 1.29 is 4.74 Å². The van der Waals surface area contributed by atoms with Gasteiger partial charge in [-0.05, 0) is 11.5 Å². The molecule has 1 rings (SSSR count). The van der Waals surface area contributed by atoms with Gasteiger partial charge in [0, 0.05) is 32.2 Å². The maximum absolute atomic E-state index is 5.29. The Morgan fingerprint density at radius 2 is 1.76 bits per heavy atom. The predicted molar refractivity (Wildman–Crippen MR) is 73.4 cm³/mol. The Hall–Kier alpha value is -0.860. The summed E-state index contributed by atoms with van der Waals surface area (Å²) in [4.78, 5) is 0. The van der Waals surface area contributed by atoms with Crippen molar-refractivity contribution in [2.75, 3.05) is 20.3 Å². The molecule has 1 aromatic carbocycles. The summed E-state index contributed by atoms with van der Waals surface area (Å²) >= 11 is 0. The lowest BCUT2D eigenvalue weighted by Gasteiger charge is -2.25. The van der Waals surface area contributed by atoms with E-state index in [4.69, 9.17) is 4.74 Å². The van der Waals surface area contributed by atoms with Crippen LogP contribution in [0.15, 0.2) is 30.3 Å². The van der Waals surface area contributed by atoms with Crippen LogP contribution in [-0.4, -0.2) is 26.3 Å². The zero-order chi connectivity index (χ0) is 12.7. The van der Waals surface area contributed by atoms with Crippen molar-refractivity contribution in [1.29, 1.82) is 0 Å². The number of hydrogen-bond donors (Lipinski definition) is 1. The fourth-order valence-corrected chi connectivity index (χ4v) is 2.09. The maximum atomic E-state index is 5.29. The minimum absolute atomic E-state index is 0.513. The van der Waals surface area contributed by atoms with E-state index in [1.54, 1.807) is 7.11 Å². The monoisotopic (exact) mass is 235 g/mol. The number of methoxy groups -OCH3 is 1. The van der Waals surface area contributed by atoms with Crippen LogP contribution in [0, 0.1) is 5.92 Å². The van der Waals surface area contributed by atoms with E-state index < -0.39 is 0 Å². The summed E-state index contributed by atoms with van der Waals surface area (Å²) < 4.78 is 5.29. The zero-order valence-corrected chi connectivity index (χ0v) is 11.4. The van der Waals surface area contributed by atoms with Crippen molar-refractivity contribution in [2.24, 2.45) is 5.92 Å². The molecular weight excluding hydrogens is 210 g/mol. The molecule has 0 bridgehead atoms. The van der Waals surface area contributed by atoms with E-state index in [1.165, 1.54) is 5.56 Å². The normalized spacial score (nSPS) is 14.9. The van der Waals surface area contributed by atoms with Crippen molar-refractivity contribution in [2.45, 2.75) is 32.7 Å². The van der Waals surface area contributed by atoms with E-state index in [2.05, 4.69) is 56.4 Å². The second-order valence-corrected chi connectivity index (χ2v) is 5.01. The van der Waals surface area contributed by atoms with E-state index in [1.807, 2.05) is 0 Å². The van der Waals surface area contributed by atoms with E-state index in [9.17, 15) is 0 Å². The van der Waals surface area contributed by atoms with Crippen LogP contribution in [0.4, 0.5) is 0 Å². The van der Waals surface area contributed by atoms with Crippen LogP contribution in [0.5, 0.6) is 0 Å². The van der Waals surface area contributed by atoms with Crippen molar-refractivity contribution in [1.82, 2.24) is 5.32 Å². The quantitative estimate of drug-likeness (QED) is 0.784. The minimum atomic E-state index is 0.513. The van der Waals surface area contributed by atoms with Gasteiger partial charge in [0.2, 0.25) is 0 Å². The second kappa shape index (κ2) is 7.46. The molecule has 0 radical (unpaired) electrons. The first-order valence-electron chi connectivity index (χ1n) is 6.42. The molecule has 2 heteroatoms. The lowest BCUT2D eigenvalue weighted by Crippen LogP contribution is -2.31. The highest BCUT2D eigenvalue weighted by molar-refractivity contribution is 5.20. The summed E-state index contributed by atoms with van der Waals surface area (Å²) in [6, 6.07) is 11.2. The molecule has 2 unspecified atom stereocenters. The maximum Gasteiger partial charge on any atom is 0.0494 e. The second-order valence-electron chi connectivity index (χ2n) is 5.01. The third-order valence-electron chi connectivity index (χ3n) is 3.09. The first kappa shape index (κ1) is 14.2. The van der Waals surface area contributed by atoms with Crippen LogP contribution in [-0.2, 0) is 4.74 Å². The molecule has 0 amide bonds. The zero-order valence-electron chi connectivity index (χ0n) is 11.4. The number of rotatable bonds is 7. The van der Waals surface area contributed by atoms with Gasteiger partial charge in [-0.2, -0.15) is 0 Å². The van der Waals surface area contributed by atoms with E-state index >= 15 is 0 Å². The van der Waals surface area contributed by atoms with Gasteiger partial charge in [0.25, 0.3) is 0 Å². The summed E-state index contributed by atoms with van der Waals surface area (Å²) in [5, 5.41) is 3.53. The molecule has 0 aliphatic heterocycles. The molecule has 96 valence electrons. The van der Waals surface area contributed by atoms with Gasteiger partial charge >= 0.3 is 0 Å². The highest BCUT2D eigenvalue weighted by Gasteiger charge is 2.19. The highest BCUT2D eigenvalue weighted by atomic mass is 16.5. The van der Waals surface area contributed by atoms with Gasteiger partial charge in [0.1, 0.15) is 0 Å². The molecule has 0 aliphatic carbocycles. The van der Waals surface area contributed by atoms with Crippen molar-refractivity contribution in [3.63, 3.8) is 0 Å². The van der Waals surface area contributed by atoms with E-state index in [-0.39, 0.29) is 0 Å². The molecule has 17 heavy (non-hydrogen) atoms. The summed E-state index contributed by atoms with van der Waals surface area (Å²) in [7, 11) is 1.77. The summed E-state index contributed by atoms with van der Waals surface area (Å²) in [6.45, 7) is 8.43. The van der Waals surface area contributed by atoms with Crippen LogP contribution < -0.4 is 5.32 Å². The smallest absolute Gasteiger partial charge is 0.0494 e. The summed E-state index contributed by atoms with van der Waals surface area (Å²) in [5.74, 6) is 1.03. The van der Waals surface area contributed by atoms with Gasteiger partial charge < -0.3 is 10.1 Å². The third-order valence-corrected chi connectivity index (χ3v) is 3.09. The first-order valence-corrected chi connectivity index (χ1v) is 6.42. The Morgan fingerprint density at radius 1 is 1.12 bits per heavy atom. The van der Waals surface area contributed by atoms with Crippen molar-refractivity contribution in [3.8, 4) is 0 Å².